The van der Waals surface area contributed by atoms with E-state index >= 15 is 0 Å². The van der Waals surface area contributed by atoms with E-state index in [1.165, 1.54) is 30.3 Å². The van der Waals surface area contributed by atoms with Crippen LogP contribution in [0, 0.1) is 12.7 Å². The summed E-state index contributed by atoms with van der Waals surface area (Å²) in [6.07, 6.45) is -0.00740. The second kappa shape index (κ2) is 6.75. The van der Waals surface area contributed by atoms with Crippen LogP contribution < -0.4 is 4.74 Å². The van der Waals surface area contributed by atoms with Crippen molar-refractivity contribution in [3.05, 3.63) is 69.6 Å². The third kappa shape index (κ3) is 3.50. The van der Waals surface area contributed by atoms with Gasteiger partial charge in [0, 0.05) is 11.1 Å². The lowest BCUT2D eigenvalue weighted by Gasteiger charge is -2.11. The zero-order valence-electron chi connectivity index (χ0n) is 12.6. The zero-order valence-corrected chi connectivity index (χ0v) is 14.2. The summed E-state index contributed by atoms with van der Waals surface area (Å²) in [6.45, 7) is 1.82. The Labute approximate surface area is 148 Å². The molecule has 1 aromatic heterocycles. The number of hydrogen-bond acceptors (Lipinski definition) is 3. The molecule has 0 N–H and O–H groups in total. The van der Waals surface area contributed by atoms with E-state index in [-0.39, 0.29) is 23.0 Å². The fourth-order valence-electron chi connectivity index (χ4n) is 2.31. The number of nitrogens with zero attached hydrogens (tertiary/aromatic N) is 1. The highest BCUT2D eigenvalue weighted by atomic mass is 35.5. The molecule has 24 heavy (non-hydrogen) atoms. The first-order valence-electron chi connectivity index (χ1n) is 7.14. The number of carbonyl (C=O) groups is 1. The molecule has 6 heteroatoms. The number of hydrogen-bond donors (Lipinski definition) is 0. The van der Waals surface area contributed by atoms with Crippen molar-refractivity contribution in [2.45, 2.75) is 13.3 Å². The van der Waals surface area contributed by atoms with E-state index in [1.807, 2.05) is 13.0 Å². The Hall–Kier alpha value is -2.17. The van der Waals surface area contributed by atoms with Gasteiger partial charge in [-0.2, -0.15) is 0 Å². The Morgan fingerprint density at radius 3 is 2.54 bits per heavy atom. The minimum Gasteiger partial charge on any atom is -0.422 e. The molecule has 0 spiro atoms. The highest BCUT2D eigenvalue weighted by Gasteiger charge is 2.17. The van der Waals surface area contributed by atoms with Gasteiger partial charge in [-0.1, -0.05) is 35.3 Å². The Morgan fingerprint density at radius 1 is 1.12 bits per heavy atom. The van der Waals surface area contributed by atoms with Gasteiger partial charge in [-0.05, 0) is 42.8 Å². The molecule has 2 aromatic carbocycles. The topological polar surface area (TPSA) is 39.2 Å². The van der Waals surface area contributed by atoms with E-state index in [2.05, 4.69) is 4.98 Å². The molecule has 0 aliphatic rings. The third-order valence-corrected chi connectivity index (χ3v) is 4.05. The van der Waals surface area contributed by atoms with Crippen LogP contribution in [0.1, 0.15) is 11.3 Å². The van der Waals surface area contributed by atoms with Crippen LogP contribution in [0.5, 0.6) is 5.75 Å². The van der Waals surface area contributed by atoms with E-state index in [1.54, 1.807) is 6.07 Å². The van der Waals surface area contributed by atoms with Gasteiger partial charge in [0.15, 0.2) is 5.75 Å². The number of rotatable bonds is 3. The van der Waals surface area contributed by atoms with E-state index in [0.717, 1.165) is 5.69 Å². The summed E-state index contributed by atoms with van der Waals surface area (Å²) in [5.74, 6) is -0.708. The number of esters is 1. The molecule has 0 atom stereocenters. The van der Waals surface area contributed by atoms with E-state index in [0.29, 0.717) is 21.5 Å². The van der Waals surface area contributed by atoms with Crippen molar-refractivity contribution in [1.29, 1.82) is 0 Å². The standard InChI is InChI=1S/C18H12Cl2FNO2/c1-10-2-7-13-14(19)9-15(20)18(17(13)22-10)24-16(23)8-11-3-5-12(21)6-4-11/h2-7,9H,8H2,1H3. The number of halogens is 3. The fourth-order valence-corrected chi connectivity index (χ4v) is 2.86. The first kappa shape index (κ1) is 16.7. The minimum atomic E-state index is -0.518. The molecule has 0 amide bonds. The van der Waals surface area contributed by atoms with Gasteiger partial charge in [0.2, 0.25) is 0 Å². The van der Waals surface area contributed by atoms with E-state index in [9.17, 15) is 9.18 Å². The maximum atomic E-state index is 12.9. The maximum absolute atomic E-state index is 12.9. The van der Waals surface area contributed by atoms with Crippen molar-refractivity contribution in [2.75, 3.05) is 0 Å². The molecule has 0 saturated heterocycles. The van der Waals surface area contributed by atoms with Crippen LogP contribution >= 0.6 is 23.2 Å². The van der Waals surface area contributed by atoms with Gasteiger partial charge >= 0.3 is 5.97 Å². The molecule has 0 saturated carbocycles. The molecule has 0 radical (unpaired) electrons. The average Bonchev–Trinajstić information content (AvgIpc) is 2.53. The van der Waals surface area contributed by atoms with Gasteiger partial charge < -0.3 is 4.74 Å². The second-order valence-corrected chi connectivity index (χ2v) is 6.11. The predicted octanol–water partition coefficient (Wildman–Crippen LogP) is 5.14. The first-order chi connectivity index (χ1) is 11.4. The summed E-state index contributed by atoms with van der Waals surface area (Å²) in [6, 6.07) is 10.8. The normalized spacial score (nSPS) is 10.8. The predicted molar refractivity (Wildman–Crippen MR) is 92.2 cm³/mol. The summed E-state index contributed by atoms with van der Waals surface area (Å²) in [5.41, 5.74) is 1.82. The maximum Gasteiger partial charge on any atom is 0.315 e. The molecule has 3 aromatic rings. The van der Waals surface area contributed by atoms with Crippen LogP contribution in [0.25, 0.3) is 10.9 Å². The van der Waals surface area contributed by atoms with Crippen molar-refractivity contribution < 1.29 is 13.9 Å². The lowest BCUT2D eigenvalue weighted by molar-refractivity contribution is -0.133. The van der Waals surface area contributed by atoms with Crippen molar-refractivity contribution >= 4 is 40.1 Å². The van der Waals surface area contributed by atoms with Crippen molar-refractivity contribution in [3.8, 4) is 5.75 Å². The lowest BCUT2D eigenvalue weighted by Crippen LogP contribution is -2.12. The monoisotopic (exact) mass is 363 g/mol. The Kier molecular flexibility index (Phi) is 4.69. The average molecular weight is 364 g/mol. The van der Waals surface area contributed by atoms with Gasteiger partial charge in [-0.25, -0.2) is 9.37 Å². The molecule has 0 aliphatic carbocycles. The number of aromatic nitrogens is 1. The van der Waals surface area contributed by atoms with Crippen molar-refractivity contribution in [2.24, 2.45) is 0 Å². The molecule has 0 unspecified atom stereocenters. The summed E-state index contributed by atoms with van der Waals surface area (Å²) < 4.78 is 18.3. The van der Waals surface area contributed by atoms with Crippen molar-refractivity contribution in [1.82, 2.24) is 4.98 Å². The lowest BCUT2D eigenvalue weighted by atomic mass is 10.1. The molecule has 0 bridgehead atoms. The molecule has 3 rings (SSSR count). The number of pyridine rings is 1. The summed E-state index contributed by atoms with van der Waals surface area (Å²) in [5, 5.41) is 1.29. The third-order valence-electron chi connectivity index (χ3n) is 3.45. The van der Waals surface area contributed by atoms with Crippen LogP contribution in [0.2, 0.25) is 10.0 Å². The largest absolute Gasteiger partial charge is 0.422 e. The van der Waals surface area contributed by atoms with Crippen LogP contribution in [0.15, 0.2) is 42.5 Å². The quantitative estimate of drug-likeness (QED) is 0.477. The Morgan fingerprint density at radius 2 is 1.83 bits per heavy atom. The molecule has 1 heterocycles. The molecular weight excluding hydrogens is 352 g/mol. The van der Waals surface area contributed by atoms with Gasteiger partial charge in [-0.3, -0.25) is 4.79 Å². The second-order valence-electron chi connectivity index (χ2n) is 5.30. The number of benzene rings is 2. The smallest absolute Gasteiger partial charge is 0.315 e. The molecule has 0 fully saturated rings. The first-order valence-corrected chi connectivity index (χ1v) is 7.90. The van der Waals surface area contributed by atoms with Gasteiger partial charge in [0.1, 0.15) is 11.3 Å². The Balaban J connectivity index is 1.93. The summed E-state index contributed by atoms with van der Waals surface area (Å²) in [7, 11) is 0. The Bertz CT molecular complexity index is 926. The van der Waals surface area contributed by atoms with E-state index < -0.39 is 5.97 Å². The van der Waals surface area contributed by atoms with Gasteiger partial charge in [0.05, 0.1) is 16.5 Å². The number of aryl methyl sites for hydroxylation is 1. The SMILES string of the molecule is Cc1ccc2c(Cl)cc(Cl)c(OC(=O)Cc3ccc(F)cc3)c2n1. The molecular formula is C18H12Cl2FNO2. The zero-order chi connectivity index (χ0) is 17.3. The van der Waals surface area contributed by atoms with Crippen LogP contribution in [0.3, 0.4) is 0 Å². The minimum absolute atomic E-state index is 0.00740. The molecule has 3 nitrogen and oxygen atoms in total. The molecule has 0 aliphatic heterocycles. The highest BCUT2D eigenvalue weighted by molar-refractivity contribution is 6.39. The molecule has 122 valence electrons. The number of fused-ring (bicyclic) bond motifs is 1. The fraction of sp³-hybridized carbons (Fsp3) is 0.111. The van der Waals surface area contributed by atoms with Crippen molar-refractivity contribution in [3.63, 3.8) is 0 Å². The van der Waals surface area contributed by atoms with E-state index in [4.69, 9.17) is 27.9 Å². The summed E-state index contributed by atoms with van der Waals surface area (Å²) >= 11 is 12.3. The van der Waals surface area contributed by atoms with Gasteiger partial charge in [-0.15, -0.1) is 0 Å². The van der Waals surface area contributed by atoms with Gasteiger partial charge in [0.25, 0.3) is 0 Å². The highest BCUT2D eigenvalue weighted by Crippen LogP contribution is 2.37. The van der Waals surface area contributed by atoms with Crippen LogP contribution in [0.4, 0.5) is 4.39 Å². The van der Waals surface area contributed by atoms with Crippen LogP contribution in [-0.2, 0) is 11.2 Å². The number of carbonyl (C=O) groups excluding carboxylic acids is 1. The summed E-state index contributed by atoms with van der Waals surface area (Å²) in [4.78, 5) is 16.6. The number of ether oxygens (including phenoxy) is 1. The van der Waals surface area contributed by atoms with Crippen LogP contribution in [-0.4, -0.2) is 11.0 Å².